The van der Waals surface area contributed by atoms with Crippen LogP contribution in [0.3, 0.4) is 0 Å². The Balaban J connectivity index is 1.89. The van der Waals surface area contributed by atoms with Gasteiger partial charge in [0.25, 0.3) is 0 Å². The number of para-hydroxylation sites is 1. The van der Waals surface area contributed by atoms with Crippen LogP contribution in [0.2, 0.25) is 0 Å². The largest absolute Gasteiger partial charge is 0.496 e. The van der Waals surface area contributed by atoms with Crippen molar-refractivity contribution in [2.75, 3.05) is 14.2 Å². The summed E-state index contributed by atoms with van der Waals surface area (Å²) in [6.07, 6.45) is 3.91. The molecule has 3 rings (SSSR count). The van der Waals surface area contributed by atoms with Gasteiger partial charge in [0.05, 0.1) is 31.7 Å². The molecule has 3 aromatic rings. The van der Waals surface area contributed by atoms with Crippen molar-refractivity contribution in [2.24, 2.45) is 0 Å². The van der Waals surface area contributed by atoms with Gasteiger partial charge in [0.2, 0.25) is 5.88 Å². The van der Waals surface area contributed by atoms with Gasteiger partial charge in [-0.25, -0.2) is 4.98 Å². The molecule has 6 nitrogen and oxygen atoms in total. The molecule has 26 heavy (non-hydrogen) atoms. The van der Waals surface area contributed by atoms with Gasteiger partial charge >= 0.3 is 0 Å². The fourth-order valence-electron chi connectivity index (χ4n) is 2.56. The van der Waals surface area contributed by atoms with Crippen molar-refractivity contribution in [3.05, 3.63) is 66.0 Å². The summed E-state index contributed by atoms with van der Waals surface area (Å²) in [5, 5.41) is 0. The number of benzene rings is 1. The zero-order valence-electron chi connectivity index (χ0n) is 14.5. The van der Waals surface area contributed by atoms with Crippen molar-refractivity contribution < 1.29 is 19.0 Å². The van der Waals surface area contributed by atoms with Crippen LogP contribution in [0.5, 0.6) is 17.4 Å². The predicted octanol–water partition coefficient (Wildman–Crippen LogP) is 3.55. The van der Waals surface area contributed by atoms with Crippen molar-refractivity contribution in [1.29, 1.82) is 0 Å². The van der Waals surface area contributed by atoms with Crippen LogP contribution in [-0.4, -0.2) is 30.5 Å². The lowest BCUT2D eigenvalue weighted by molar-refractivity contribution is 0.111. The van der Waals surface area contributed by atoms with Gasteiger partial charge in [0.15, 0.2) is 6.29 Å². The summed E-state index contributed by atoms with van der Waals surface area (Å²) in [4.78, 5) is 19.8. The standard InChI is InChI=1S/C20H18N2O4/c1-24-17-8-4-3-7-16(17)20-14(6-5-9-21-20)13-26-18-11-22-19(25-2)10-15(18)12-23/h3-12H,13H2,1-2H3. The summed E-state index contributed by atoms with van der Waals surface area (Å²) in [5.41, 5.74) is 2.88. The van der Waals surface area contributed by atoms with Crippen LogP contribution in [0, 0.1) is 0 Å². The van der Waals surface area contributed by atoms with E-state index in [1.54, 1.807) is 13.3 Å². The minimum atomic E-state index is 0.232. The number of methoxy groups -OCH3 is 2. The molecule has 0 unspecified atom stereocenters. The fraction of sp³-hybridized carbons (Fsp3) is 0.150. The summed E-state index contributed by atoms with van der Waals surface area (Å²) < 4.78 is 16.3. The summed E-state index contributed by atoms with van der Waals surface area (Å²) in [7, 11) is 3.12. The summed E-state index contributed by atoms with van der Waals surface area (Å²) in [5.74, 6) is 1.47. The molecule has 0 saturated heterocycles. The van der Waals surface area contributed by atoms with Crippen molar-refractivity contribution in [1.82, 2.24) is 9.97 Å². The molecule has 0 amide bonds. The van der Waals surface area contributed by atoms with E-state index >= 15 is 0 Å². The van der Waals surface area contributed by atoms with E-state index in [1.165, 1.54) is 19.4 Å². The number of nitrogens with zero attached hydrogens (tertiary/aromatic N) is 2. The molecule has 0 saturated carbocycles. The van der Waals surface area contributed by atoms with Gasteiger partial charge in [-0.2, -0.15) is 0 Å². The lowest BCUT2D eigenvalue weighted by Gasteiger charge is -2.13. The van der Waals surface area contributed by atoms with Gasteiger partial charge in [0, 0.05) is 23.4 Å². The SMILES string of the molecule is COc1cc(C=O)c(OCc2cccnc2-c2ccccc2OC)cn1. The van der Waals surface area contributed by atoms with Gasteiger partial charge in [-0.1, -0.05) is 18.2 Å². The Kier molecular flexibility index (Phi) is 5.43. The molecule has 0 aliphatic carbocycles. The molecule has 2 aromatic heterocycles. The predicted molar refractivity (Wildman–Crippen MR) is 96.7 cm³/mol. The van der Waals surface area contributed by atoms with Gasteiger partial charge < -0.3 is 14.2 Å². The first kappa shape index (κ1) is 17.4. The van der Waals surface area contributed by atoms with E-state index in [-0.39, 0.29) is 6.61 Å². The second-order valence-corrected chi connectivity index (χ2v) is 5.38. The highest BCUT2D eigenvalue weighted by Crippen LogP contribution is 2.31. The topological polar surface area (TPSA) is 70.5 Å². The van der Waals surface area contributed by atoms with E-state index in [0.29, 0.717) is 23.5 Å². The lowest BCUT2D eigenvalue weighted by atomic mass is 10.1. The zero-order chi connectivity index (χ0) is 18.4. The number of rotatable bonds is 7. The van der Waals surface area contributed by atoms with Crippen LogP contribution >= 0.6 is 0 Å². The third-order valence-electron chi connectivity index (χ3n) is 3.85. The number of aldehydes is 1. The number of aromatic nitrogens is 2. The first-order chi connectivity index (χ1) is 12.8. The maximum Gasteiger partial charge on any atom is 0.213 e. The van der Waals surface area contributed by atoms with E-state index in [1.807, 2.05) is 36.4 Å². The maximum atomic E-state index is 11.3. The third kappa shape index (κ3) is 3.64. The molecule has 0 fully saturated rings. The Hall–Kier alpha value is -3.41. The van der Waals surface area contributed by atoms with Crippen molar-refractivity contribution >= 4 is 6.29 Å². The second-order valence-electron chi connectivity index (χ2n) is 5.38. The molecule has 0 bridgehead atoms. The number of ether oxygens (including phenoxy) is 3. The highest BCUT2D eigenvalue weighted by molar-refractivity contribution is 5.79. The summed E-state index contributed by atoms with van der Waals surface area (Å²) in [6.45, 7) is 0.232. The van der Waals surface area contributed by atoms with Gasteiger partial charge in [-0.3, -0.25) is 9.78 Å². The molecule has 0 spiro atoms. The summed E-state index contributed by atoms with van der Waals surface area (Å²) >= 11 is 0. The van der Waals surface area contributed by atoms with Crippen LogP contribution in [0.15, 0.2) is 54.9 Å². The number of hydrogen-bond donors (Lipinski definition) is 0. The van der Waals surface area contributed by atoms with Crippen LogP contribution in [-0.2, 0) is 6.61 Å². The van der Waals surface area contributed by atoms with E-state index < -0.39 is 0 Å². The van der Waals surface area contributed by atoms with E-state index in [0.717, 1.165) is 22.6 Å². The van der Waals surface area contributed by atoms with Gasteiger partial charge in [0.1, 0.15) is 18.1 Å². The van der Waals surface area contributed by atoms with Crippen molar-refractivity contribution in [3.63, 3.8) is 0 Å². The maximum absolute atomic E-state index is 11.3. The minimum Gasteiger partial charge on any atom is -0.496 e. The molecule has 1 aromatic carbocycles. The number of hydrogen-bond acceptors (Lipinski definition) is 6. The number of carbonyl (C=O) groups is 1. The van der Waals surface area contributed by atoms with Crippen LogP contribution in [0.25, 0.3) is 11.3 Å². The van der Waals surface area contributed by atoms with Crippen LogP contribution in [0.4, 0.5) is 0 Å². The van der Waals surface area contributed by atoms with E-state index in [2.05, 4.69) is 9.97 Å². The first-order valence-electron chi connectivity index (χ1n) is 7.96. The average Bonchev–Trinajstić information content (AvgIpc) is 2.72. The molecule has 0 atom stereocenters. The Labute approximate surface area is 151 Å². The monoisotopic (exact) mass is 350 g/mol. The normalized spacial score (nSPS) is 10.2. The van der Waals surface area contributed by atoms with Crippen molar-refractivity contribution in [2.45, 2.75) is 6.61 Å². The first-order valence-corrected chi connectivity index (χ1v) is 7.96. The molecule has 2 heterocycles. The quantitative estimate of drug-likeness (QED) is 0.607. The van der Waals surface area contributed by atoms with Gasteiger partial charge in [-0.05, 0) is 18.2 Å². The zero-order valence-corrected chi connectivity index (χ0v) is 14.5. The van der Waals surface area contributed by atoms with Gasteiger partial charge in [-0.15, -0.1) is 0 Å². The summed E-state index contributed by atoms with van der Waals surface area (Å²) in [6, 6.07) is 12.9. The molecular formula is C20H18N2O4. The van der Waals surface area contributed by atoms with Crippen LogP contribution in [0.1, 0.15) is 15.9 Å². The third-order valence-corrected chi connectivity index (χ3v) is 3.85. The van der Waals surface area contributed by atoms with E-state index in [4.69, 9.17) is 14.2 Å². The molecule has 0 aliphatic heterocycles. The Morgan fingerprint density at radius 2 is 1.85 bits per heavy atom. The molecule has 6 heteroatoms. The molecule has 0 aliphatic rings. The molecular weight excluding hydrogens is 332 g/mol. The highest BCUT2D eigenvalue weighted by Gasteiger charge is 2.13. The minimum absolute atomic E-state index is 0.232. The Morgan fingerprint density at radius 1 is 1.00 bits per heavy atom. The average molecular weight is 350 g/mol. The number of pyridine rings is 2. The van der Waals surface area contributed by atoms with Crippen molar-refractivity contribution in [3.8, 4) is 28.6 Å². The number of carbonyl (C=O) groups excluding carboxylic acids is 1. The van der Waals surface area contributed by atoms with E-state index in [9.17, 15) is 4.79 Å². The highest BCUT2D eigenvalue weighted by atomic mass is 16.5. The second kappa shape index (κ2) is 8.11. The molecule has 0 N–H and O–H groups in total. The van der Waals surface area contributed by atoms with Crippen LogP contribution < -0.4 is 14.2 Å². The smallest absolute Gasteiger partial charge is 0.213 e. The Bertz CT molecular complexity index is 912. The molecule has 132 valence electrons. The Morgan fingerprint density at radius 3 is 2.62 bits per heavy atom. The molecule has 0 radical (unpaired) electrons. The fourth-order valence-corrected chi connectivity index (χ4v) is 2.56. The lowest BCUT2D eigenvalue weighted by Crippen LogP contribution is -2.03.